The molecule has 0 saturated carbocycles. The minimum absolute atomic E-state index is 0.274. The zero-order chi connectivity index (χ0) is 14.6. The van der Waals surface area contributed by atoms with E-state index in [-0.39, 0.29) is 4.90 Å². The van der Waals surface area contributed by atoms with Gasteiger partial charge >= 0.3 is 0 Å². The van der Waals surface area contributed by atoms with Crippen molar-refractivity contribution >= 4 is 15.8 Å². The van der Waals surface area contributed by atoms with Crippen LogP contribution in [0.3, 0.4) is 0 Å². The fourth-order valence-electron chi connectivity index (χ4n) is 2.77. The number of pyridine rings is 1. The van der Waals surface area contributed by atoms with Gasteiger partial charge in [-0.25, -0.2) is 13.4 Å². The Morgan fingerprint density at radius 1 is 1.40 bits per heavy atom. The highest BCUT2D eigenvalue weighted by Gasteiger charge is 2.30. The Bertz CT molecular complexity index is 537. The Labute approximate surface area is 121 Å². The van der Waals surface area contributed by atoms with Gasteiger partial charge in [0, 0.05) is 26.3 Å². The van der Waals surface area contributed by atoms with Gasteiger partial charge in [0.25, 0.3) is 0 Å². The molecule has 1 saturated heterocycles. The van der Waals surface area contributed by atoms with Crippen molar-refractivity contribution < 1.29 is 8.42 Å². The summed E-state index contributed by atoms with van der Waals surface area (Å²) in [7, 11) is -1.75. The van der Waals surface area contributed by atoms with Crippen LogP contribution in [0.25, 0.3) is 0 Å². The maximum absolute atomic E-state index is 12.7. The monoisotopic (exact) mass is 297 g/mol. The van der Waals surface area contributed by atoms with E-state index in [1.807, 2.05) is 0 Å². The van der Waals surface area contributed by atoms with Crippen molar-refractivity contribution in [1.29, 1.82) is 0 Å². The molecule has 0 spiro atoms. The van der Waals surface area contributed by atoms with Crippen molar-refractivity contribution in [3.8, 4) is 0 Å². The van der Waals surface area contributed by atoms with E-state index in [9.17, 15) is 8.42 Å². The molecular weight excluding hydrogens is 274 g/mol. The quantitative estimate of drug-likeness (QED) is 0.906. The molecule has 5 nitrogen and oxygen atoms in total. The molecule has 2 heterocycles. The topological polar surface area (TPSA) is 62.3 Å². The summed E-state index contributed by atoms with van der Waals surface area (Å²) in [6, 6.07) is 3.28. The summed E-state index contributed by atoms with van der Waals surface area (Å²) >= 11 is 0. The molecule has 20 heavy (non-hydrogen) atoms. The standard InChI is InChI=1S/C14H23N3O2S/c1-3-5-12-7-10-17(11-8-12)20(18,19)13-6-4-9-16-14(13)15-2/h4,6,9,12H,3,5,7-8,10-11H2,1-2H3,(H,15,16). The number of nitrogens with one attached hydrogen (secondary N) is 1. The number of hydrogen-bond donors (Lipinski definition) is 1. The average Bonchev–Trinajstić information content (AvgIpc) is 2.48. The summed E-state index contributed by atoms with van der Waals surface area (Å²) in [6.07, 6.45) is 5.88. The molecule has 0 atom stereocenters. The fraction of sp³-hybridized carbons (Fsp3) is 0.643. The van der Waals surface area contributed by atoms with Gasteiger partial charge in [-0.05, 0) is 30.9 Å². The van der Waals surface area contributed by atoms with Crippen LogP contribution in [-0.2, 0) is 10.0 Å². The summed E-state index contributed by atoms with van der Waals surface area (Å²) in [5, 5.41) is 2.85. The van der Waals surface area contributed by atoms with E-state index < -0.39 is 10.0 Å². The third kappa shape index (κ3) is 3.12. The van der Waals surface area contributed by atoms with Gasteiger partial charge < -0.3 is 5.32 Å². The van der Waals surface area contributed by atoms with Crippen LogP contribution in [0.4, 0.5) is 5.82 Å². The summed E-state index contributed by atoms with van der Waals surface area (Å²) in [4.78, 5) is 4.36. The molecule has 6 heteroatoms. The zero-order valence-electron chi connectivity index (χ0n) is 12.2. The normalized spacial score (nSPS) is 18.1. The number of hydrogen-bond acceptors (Lipinski definition) is 4. The third-order valence-corrected chi connectivity index (χ3v) is 5.83. The average molecular weight is 297 g/mol. The third-order valence-electron chi connectivity index (χ3n) is 3.90. The summed E-state index contributed by atoms with van der Waals surface area (Å²) in [5.41, 5.74) is 0. The van der Waals surface area contributed by atoms with E-state index in [0.717, 1.165) is 12.8 Å². The van der Waals surface area contributed by atoms with Crippen LogP contribution >= 0.6 is 0 Å². The lowest BCUT2D eigenvalue weighted by Crippen LogP contribution is -2.38. The van der Waals surface area contributed by atoms with Crippen LogP contribution in [0.1, 0.15) is 32.6 Å². The van der Waals surface area contributed by atoms with E-state index in [0.29, 0.717) is 24.8 Å². The lowest BCUT2D eigenvalue weighted by molar-refractivity contribution is 0.262. The van der Waals surface area contributed by atoms with Gasteiger partial charge in [0.2, 0.25) is 10.0 Å². The van der Waals surface area contributed by atoms with Crippen molar-refractivity contribution in [3.05, 3.63) is 18.3 Å². The predicted molar refractivity (Wildman–Crippen MR) is 80.2 cm³/mol. The number of nitrogens with zero attached hydrogens (tertiary/aromatic N) is 2. The Kier molecular flexibility index (Phi) is 4.99. The molecule has 2 rings (SSSR count). The smallest absolute Gasteiger partial charge is 0.246 e. The minimum Gasteiger partial charge on any atom is -0.372 e. The van der Waals surface area contributed by atoms with Crippen molar-refractivity contribution in [2.24, 2.45) is 5.92 Å². The number of sulfonamides is 1. The van der Waals surface area contributed by atoms with Crippen LogP contribution in [0.2, 0.25) is 0 Å². The van der Waals surface area contributed by atoms with Gasteiger partial charge in [-0.1, -0.05) is 19.8 Å². The second-order valence-electron chi connectivity index (χ2n) is 5.24. The molecule has 1 aromatic heterocycles. The van der Waals surface area contributed by atoms with Crippen molar-refractivity contribution in [1.82, 2.24) is 9.29 Å². The zero-order valence-corrected chi connectivity index (χ0v) is 13.0. The fourth-order valence-corrected chi connectivity index (χ4v) is 4.39. The summed E-state index contributed by atoms with van der Waals surface area (Å²) < 4.78 is 26.9. The lowest BCUT2D eigenvalue weighted by Gasteiger charge is -2.31. The van der Waals surface area contributed by atoms with Crippen molar-refractivity contribution in [3.63, 3.8) is 0 Å². The van der Waals surface area contributed by atoms with E-state index >= 15 is 0 Å². The van der Waals surface area contributed by atoms with Gasteiger partial charge in [0.1, 0.15) is 10.7 Å². The van der Waals surface area contributed by atoms with E-state index in [2.05, 4.69) is 17.2 Å². The molecule has 0 aliphatic carbocycles. The number of aromatic nitrogens is 1. The number of rotatable bonds is 5. The molecule has 112 valence electrons. The Hall–Kier alpha value is -1.14. The number of piperidine rings is 1. The van der Waals surface area contributed by atoms with Crippen LogP contribution in [0, 0.1) is 5.92 Å². The van der Waals surface area contributed by atoms with E-state index in [1.165, 1.54) is 12.8 Å². The second-order valence-corrected chi connectivity index (χ2v) is 7.14. The Balaban J connectivity index is 2.16. The first kappa shape index (κ1) is 15.3. The SMILES string of the molecule is CCCC1CCN(S(=O)(=O)c2cccnc2NC)CC1. The van der Waals surface area contributed by atoms with E-state index in [1.54, 1.807) is 29.7 Å². The largest absolute Gasteiger partial charge is 0.372 e. The highest BCUT2D eigenvalue weighted by molar-refractivity contribution is 7.89. The minimum atomic E-state index is -3.43. The number of anilines is 1. The molecular formula is C14H23N3O2S. The molecule has 0 unspecified atom stereocenters. The summed E-state index contributed by atoms with van der Waals surface area (Å²) in [6.45, 7) is 3.41. The molecule has 1 fully saturated rings. The maximum Gasteiger partial charge on any atom is 0.246 e. The van der Waals surface area contributed by atoms with Crippen LogP contribution in [0.5, 0.6) is 0 Å². The molecule has 0 radical (unpaired) electrons. The summed E-state index contributed by atoms with van der Waals surface area (Å²) in [5.74, 6) is 1.09. The molecule has 0 aromatic carbocycles. The molecule has 0 bridgehead atoms. The van der Waals surface area contributed by atoms with E-state index in [4.69, 9.17) is 0 Å². The van der Waals surface area contributed by atoms with Crippen molar-refractivity contribution in [2.45, 2.75) is 37.5 Å². The van der Waals surface area contributed by atoms with Crippen molar-refractivity contribution in [2.75, 3.05) is 25.5 Å². The van der Waals surface area contributed by atoms with Gasteiger partial charge in [-0.15, -0.1) is 0 Å². The van der Waals surface area contributed by atoms with Crippen LogP contribution in [0.15, 0.2) is 23.2 Å². The first-order chi connectivity index (χ1) is 9.59. The van der Waals surface area contributed by atoms with Crippen LogP contribution < -0.4 is 5.32 Å². The van der Waals surface area contributed by atoms with Gasteiger partial charge in [-0.3, -0.25) is 0 Å². The first-order valence-electron chi connectivity index (χ1n) is 7.22. The highest BCUT2D eigenvalue weighted by atomic mass is 32.2. The van der Waals surface area contributed by atoms with Gasteiger partial charge in [0.05, 0.1) is 0 Å². The molecule has 1 aromatic rings. The molecule has 1 aliphatic heterocycles. The van der Waals surface area contributed by atoms with Crippen LogP contribution in [-0.4, -0.2) is 37.8 Å². The van der Waals surface area contributed by atoms with Gasteiger partial charge in [0.15, 0.2) is 0 Å². The molecule has 0 amide bonds. The predicted octanol–water partition coefficient (Wildman–Crippen LogP) is 2.32. The lowest BCUT2D eigenvalue weighted by atomic mass is 9.94. The molecule has 1 N–H and O–H groups in total. The van der Waals surface area contributed by atoms with Gasteiger partial charge in [-0.2, -0.15) is 4.31 Å². The Morgan fingerprint density at radius 3 is 2.70 bits per heavy atom. The Morgan fingerprint density at radius 2 is 2.10 bits per heavy atom. The highest BCUT2D eigenvalue weighted by Crippen LogP contribution is 2.28. The molecule has 1 aliphatic rings. The first-order valence-corrected chi connectivity index (χ1v) is 8.66. The second kappa shape index (κ2) is 6.54. The maximum atomic E-state index is 12.7.